The van der Waals surface area contributed by atoms with Crippen LogP contribution in [-0.2, 0) is 22.6 Å². The molecule has 0 atom stereocenters. The molecule has 0 aliphatic heterocycles. The average molecular weight is 390 g/mol. The first-order valence-electron chi connectivity index (χ1n) is 8.97. The molecule has 7 nitrogen and oxygen atoms in total. The number of rotatable bonds is 9. The van der Waals surface area contributed by atoms with Gasteiger partial charge in [-0.15, -0.1) is 10.2 Å². The Morgan fingerprint density at radius 1 is 1.26 bits per heavy atom. The molecule has 0 fully saturated rings. The number of nitrogens with one attached hydrogen (secondary N) is 1. The summed E-state index contributed by atoms with van der Waals surface area (Å²) in [5, 5.41) is 12.0. The number of hydrogen-bond donors (Lipinski definition) is 2. The summed E-state index contributed by atoms with van der Waals surface area (Å²) in [4.78, 5) is 23.4. The van der Waals surface area contributed by atoms with Crippen LogP contribution in [0.5, 0.6) is 0 Å². The molecule has 2 rings (SSSR count). The monoisotopic (exact) mass is 389 g/mol. The zero-order valence-electron chi connectivity index (χ0n) is 16.3. The number of carbonyl (C=O) groups is 2. The lowest BCUT2D eigenvalue weighted by Crippen LogP contribution is -2.17. The zero-order chi connectivity index (χ0) is 20.0. The van der Waals surface area contributed by atoms with Crippen molar-refractivity contribution in [1.82, 2.24) is 14.8 Å². The van der Waals surface area contributed by atoms with Crippen molar-refractivity contribution in [2.45, 2.75) is 52.2 Å². The zero-order valence-corrected chi connectivity index (χ0v) is 17.1. The van der Waals surface area contributed by atoms with E-state index >= 15 is 0 Å². The summed E-state index contributed by atoms with van der Waals surface area (Å²) in [5.41, 5.74) is 8.26. The van der Waals surface area contributed by atoms with E-state index in [1.54, 1.807) is 0 Å². The summed E-state index contributed by atoms with van der Waals surface area (Å²) in [6.45, 7) is 8.92. The first kappa shape index (κ1) is 21.0. The molecule has 0 saturated carbocycles. The second-order valence-corrected chi connectivity index (χ2v) is 7.90. The number of aryl methyl sites for hydroxylation is 2. The van der Waals surface area contributed by atoms with E-state index in [4.69, 9.17) is 5.73 Å². The van der Waals surface area contributed by atoms with Crippen molar-refractivity contribution in [1.29, 1.82) is 0 Å². The van der Waals surface area contributed by atoms with Gasteiger partial charge in [0.25, 0.3) is 0 Å². The van der Waals surface area contributed by atoms with Gasteiger partial charge in [-0.05, 0) is 37.0 Å². The highest BCUT2D eigenvalue weighted by Gasteiger charge is 2.16. The number of anilines is 1. The van der Waals surface area contributed by atoms with E-state index in [2.05, 4.69) is 29.4 Å². The van der Waals surface area contributed by atoms with E-state index < -0.39 is 0 Å². The van der Waals surface area contributed by atoms with E-state index in [0.29, 0.717) is 17.5 Å². The molecule has 0 bridgehead atoms. The van der Waals surface area contributed by atoms with Crippen LogP contribution in [-0.4, -0.2) is 32.3 Å². The highest BCUT2D eigenvalue weighted by atomic mass is 32.2. The predicted octanol–water partition coefficient (Wildman–Crippen LogP) is 2.70. The second-order valence-electron chi connectivity index (χ2n) is 6.95. The van der Waals surface area contributed by atoms with Crippen molar-refractivity contribution >= 4 is 29.3 Å². The van der Waals surface area contributed by atoms with Crippen LogP contribution in [0.3, 0.4) is 0 Å². The first-order valence-corrected chi connectivity index (χ1v) is 9.95. The summed E-state index contributed by atoms with van der Waals surface area (Å²) in [6, 6.07) is 5.84. The fraction of sp³-hybridized carbons (Fsp3) is 0.474. The molecule has 27 heavy (non-hydrogen) atoms. The van der Waals surface area contributed by atoms with Gasteiger partial charge in [-0.3, -0.25) is 9.59 Å². The van der Waals surface area contributed by atoms with E-state index in [-0.39, 0.29) is 24.0 Å². The molecular formula is C19H27N5O2S. The number of thioether (sulfide) groups is 1. The Morgan fingerprint density at radius 2 is 2.00 bits per heavy atom. The minimum absolute atomic E-state index is 0.0912. The summed E-state index contributed by atoms with van der Waals surface area (Å²) < 4.78 is 1.98. The van der Waals surface area contributed by atoms with Crippen LogP contribution in [0, 0.1) is 19.8 Å². The molecule has 0 unspecified atom stereocenters. The Morgan fingerprint density at radius 3 is 2.67 bits per heavy atom. The third-order valence-corrected chi connectivity index (χ3v) is 5.11. The SMILES string of the molecule is Cc1cccc(NC(=O)CSc2nnc(CCC(N)=O)n2CC(C)C)c1C. The van der Waals surface area contributed by atoms with Crippen LogP contribution in [0.15, 0.2) is 23.4 Å². The molecule has 1 aromatic heterocycles. The number of nitrogens with zero attached hydrogens (tertiary/aromatic N) is 3. The van der Waals surface area contributed by atoms with Crippen LogP contribution in [0.25, 0.3) is 0 Å². The number of benzene rings is 1. The first-order chi connectivity index (χ1) is 12.8. The molecule has 1 aromatic carbocycles. The molecule has 2 aromatic rings. The van der Waals surface area contributed by atoms with Gasteiger partial charge in [0.05, 0.1) is 5.75 Å². The predicted molar refractivity (Wildman–Crippen MR) is 108 cm³/mol. The Balaban J connectivity index is 2.04. The molecule has 0 spiro atoms. The van der Waals surface area contributed by atoms with Gasteiger partial charge >= 0.3 is 0 Å². The van der Waals surface area contributed by atoms with Crippen molar-refractivity contribution in [2.75, 3.05) is 11.1 Å². The smallest absolute Gasteiger partial charge is 0.234 e. The maximum absolute atomic E-state index is 12.4. The van der Waals surface area contributed by atoms with E-state index in [9.17, 15) is 9.59 Å². The van der Waals surface area contributed by atoms with Crippen molar-refractivity contribution in [2.24, 2.45) is 11.7 Å². The van der Waals surface area contributed by atoms with Crippen LogP contribution < -0.4 is 11.1 Å². The minimum atomic E-state index is -0.365. The molecule has 2 amide bonds. The summed E-state index contributed by atoms with van der Waals surface area (Å²) in [5.74, 6) is 0.887. The quantitative estimate of drug-likeness (QED) is 0.642. The van der Waals surface area contributed by atoms with Crippen molar-refractivity contribution in [3.8, 4) is 0 Å². The Bertz CT molecular complexity index is 816. The largest absolute Gasteiger partial charge is 0.370 e. The average Bonchev–Trinajstić information content (AvgIpc) is 2.96. The van der Waals surface area contributed by atoms with Gasteiger partial charge < -0.3 is 15.6 Å². The Labute approximate surface area is 164 Å². The number of nitrogens with two attached hydrogens (primary N) is 1. The van der Waals surface area contributed by atoms with E-state index in [0.717, 1.165) is 29.2 Å². The van der Waals surface area contributed by atoms with Gasteiger partial charge in [0, 0.05) is 25.1 Å². The van der Waals surface area contributed by atoms with E-state index in [1.165, 1.54) is 11.8 Å². The number of carbonyl (C=O) groups excluding carboxylic acids is 2. The topological polar surface area (TPSA) is 103 Å². The third kappa shape index (κ3) is 6.09. The molecule has 8 heteroatoms. The number of amides is 2. The van der Waals surface area contributed by atoms with Crippen molar-refractivity contribution in [3.05, 3.63) is 35.2 Å². The Hall–Kier alpha value is -2.35. The molecule has 0 aliphatic carbocycles. The van der Waals surface area contributed by atoms with Gasteiger partial charge in [0.15, 0.2) is 5.16 Å². The van der Waals surface area contributed by atoms with Gasteiger partial charge in [-0.2, -0.15) is 0 Å². The fourth-order valence-electron chi connectivity index (χ4n) is 2.60. The number of aromatic nitrogens is 3. The number of hydrogen-bond acceptors (Lipinski definition) is 5. The van der Waals surface area contributed by atoms with Crippen LogP contribution in [0.4, 0.5) is 5.69 Å². The molecule has 0 radical (unpaired) electrons. The van der Waals surface area contributed by atoms with Gasteiger partial charge in [0.1, 0.15) is 5.82 Å². The van der Waals surface area contributed by atoms with Crippen LogP contribution >= 0.6 is 11.8 Å². The summed E-state index contributed by atoms with van der Waals surface area (Å²) in [7, 11) is 0. The molecule has 0 saturated heterocycles. The number of primary amides is 1. The Kier molecular flexibility index (Phi) is 7.41. The van der Waals surface area contributed by atoms with Gasteiger partial charge in [0.2, 0.25) is 11.8 Å². The lowest BCUT2D eigenvalue weighted by molar-refractivity contribution is -0.118. The molecular weight excluding hydrogens is 362 g/mol. The molecule has 3 N–H and O–H groups in total. The lowest BCUT2D eigenvalue weighted by Gasteiger charge is -2.13. The minimum Gasteiger partial charge on any atom is -0.370 e. The third-order valence-electron chi connectivity index (χ3n) is 4.15. The van der Waals surface area contributed by atoms with E-state index in [1.807, 2.05) is 36.6 Å². The second kappa shape index (κ2) is 9.55. The van der Waals surface area contributed by atoms with Crippen molar-refractivity contribution in [3.63, 3.8) is 0 Å². The fourth-order valence-corrected chi connectivity index (χ4v) is 3.36. The van der Waals surface area contributed by atoms with Crippen LogP contribution in [0.2, 0.25) is 0 Å². The maximum atomic E-state index is 12.4. The summed E-state index contributed by atoms with van der Waals surface area (Å²) >= 11 is 1.34. The summed E-state index contributed by atoms with van der Waals surface area (Å²) in [6.07, 6.45) is 0.679. The van der Waals surface area contributed by atoms with Crippen molar-refractivity contribution < 1.29 is 9.59 Å². The normalized spacial score (nSPS) is 11.0. The highest BCUT2D eigenvalue weighted by Crippen LogP contribution is 2.21. The molecule has 146 valence electrons. The van der Waals surface area contributed by atoms with Gasteiger partial charge in [-0.1, -0.05) is 37.7 Å². The van der Waals surface area contributed by atoms with Crippen LogP contribution in [0.1, 0.15) is 37.2 Å². The highest BCUT2D eigenvalue weighted by molar-refractivity contribution is 7.99. The maximum Gasteiger partial charge on any atom is 0.234 e. The van der Waals surface area contributed by atoms with Gasteiger partial charge in [-0.25, -0.2) is 0 Å². The standard InChI is InChI=1S/C19H27N5O2S/c1-12(2)10-24-17(9-8-16(20)25)22-23-19(24)27-11-18(26)21-15-7-5-6-13(3)14(15)4/h5-7,12H,8-11H2,1-4H3,(H2,20,25)(H,21,26). The molecule has 0 aliphatic rings. The molecule has 1 heterocycles. The lowest BCUT2D eigenvalue weighted by atomic mass is 10.1.